The summed E-state index contributed by atoms with van der Waals surface area (Å²) in [7, 11) is 2.10. The number of aromatic nitrogens is 2. The molecule has 0 aromatic carbocycles. The fourth-order valence-corrected chi connectivity index (χ4v) is 2.22. The Morgan fingerprint density at radius 2 is 2.29 bits per heavy atom. The van der Waals surface area contributed by atoms with E-state index in [1.54, 1.807) is 6.33 Å². The van der Waals surface area contributed by atoms with Crippen LogP contribution in [0.2, 0.25) is 0 Å². The van der Waals surface area contributed by atoms with Gasteiger partial charge in [0.1, 0.15) is 12.1 Å². The van der Waals surface area contributed by atoms with Crippen molar-refractivity contribution in [2.45, 2.75) is 38.6 Å². The minimum Gasteiger partial charge on any atom is -0.358 e. The molecule has 2 heterocycles. The van der Waals surface area contributed by atoms with Gasteiger partial charge in [-0.05, 0) is 25.3 Å². The van der Waals surface area contributed by atoms with Crippen LogP contribution in [0, 0.1) is 0 Å². The van der Waals surface area contributed by atoms with Gasteiger partial charge < -0.3 is 10.2 Å². The summed E-state index contributed by atoms with van der Waals surface area (Å²) in [6.07, 6.45) is 4.23. The van der Waals surface area contributed by atoms with E-state index >= 15 is 0 Å². The first-order chi connectivity index (χ1) is 8.16. The average Bonchev–Trinajstić information content (AvgIpc) is 2.82. The van der Waals surface area contributed by atoms with Crippen molar-refractivity contribution in [3.63, 3.8) is 0 Å². The molecule has 4 heteroatoms. The third-order valence-electron chi connectivity index (χ3n) is 3.31. The highest BCUT2D eigenvalue weighted by Crippen LogP contribution is 2.17. The van der Waals surface area contributed by atoms with Crippen molar-refractivity contribution in [3.05, 3.63) is 18.1 Å². The lowest BCUT2D eigenvalue weighted by molar-refractivity contribution is 0.596. The topological polar surface area (TPSA) is 41.0 Å². The highest BCUT2D eigenvalue weighted by atomic mass is 15.2. The molecular weight excluding hydrogens is 212 g/mol. The van der Waals surface area contributed by atoms with E-state index in [9.17, 15) is 0 Å². The molecule has 1 saturated heterocycles. The van der Waals surface area contributed by atoms with Crippen molar-refractivity contribution in [1.82, 2.24) is 15.3 Å². The van der Waals surface area contributed by atoms with E-state index < -0.39 is 0 Å². The van der Waals surface area contributed by atoms with Crippen LogP contribution in [0.15, 0.2) is 12.4 Å². The van der Waals surface area contributed by atoms with E-state index in [1.807, 2.05) is 0 Å². The maximum Gasteiger partial charge on any atom is 0.131 e. The highest BCUT2D eigenvalue weighted by Gasteiger charge is 2.17. The SMILES string of the molecule is CC(C)c1cc(N(C)CC2CCCN2)ncn1. The number of nitrogens with one attached hydrogen (secondary N) is 1. The van der Waals surface area contributed by atoms with Crippen molar-refractivity contribution < 1.29 is 0 Å². The Morgan fingerprint density at radius 1 is 1.47 bits per heavy atom. The molecule has 0 amide bonds. The summed E-state index contributed by atoms with van der Waals surface area (Å²) >= 11 is 0. The fraction of sp³-hybridized carbons (Fsp3) is 0.692. The van der Waals surface area contributed by atoms with Crippen LogP contribution in [-0.2, 0) is 0 Å². The molecule has 1 N–H and O–H groups in total. The van der Waals surface area contributed by atoms with Gasteiger partial charge in [-0.15, -0.1) is 0 Å². The number of hydrogen-bond donors (Lipinski definition) is 1. The zero-order valence-corrected chi connectivity index (χ0v) is 11.0. The summed E-state index contributed by atoms with van der Waals surface area (Å²) < 4.78 is 0. The molecule has 0 bridgehead atoms. The van der Waals surface area contributed by atoms with Crippen molar-refractivity contribution in [1.29, 1.82) is 0 Å². The number of rotatable bonds is 4. The summed E-state index contributed by atoms with van der Waals surface area (Å²) in [5, 5.41) is 3.51. The number of hydrogen-bond acceptors (Lipinski definition) is 4. The van der Waals surface area contributed by atoms with Crippen LogP contribution >= 0.6 is 0 Å². The van der Waals surface area contributed by atoms with E-state index in [-0.39, 0.29) is 0 Å². The lowest BCUT2D eigenvalue weighted by Crippen LogP contribution is -2.35. The fourth-order valence-electron chi connectivity index (χ4n) is 2.22. The zero-order valence-electron chi connectivity index (χ0n) is 11.0. The van der Waals surface area contributed by atoms with Gasteiger partial charge in [-0.25, -0.2) is 9.97 Å². The number of nitrogens with zero attached hydrogens (tertiary/aromatic N) is 3. The molecule has 4 nitrogen and oxygen atoms in total. The summed E-state index contributed by atoms with van der Waals surface area (Å²) in [6.45, 7) is 6.49. The first-order valence-corrected chi connectivity index (χ1v) is 6.43. The smallest absolute Gasteiger partial charge is 0.131 e. The van der Waals surface area contributed by atoms with Gasteiger partial charge in [-0.3, -0.25) is 0 Å². The van der Waals surface area contributed by atoms with Crippen LogP contribution in [0.3, 0.4) is 0 Å². The molecule has 94 valence electrons. The molecule has 0 radical (unpaired) electrons. The maximum atomic E-state index is 4.35. The minimum absolute atomic E-state index is 0.453. The molecule has 1 unspecified atom stereocenters. The summed E-state index contributed by atoms with van der Waals surface area (Å²) in [5.41, 5.74) is 1.11. The first kappa shape index (κ1) is 12.3. The zero-order chi connectivity index (χ0) is 12.3. The summed E-state index contributed by atoms with van der Waals surface area (Å²) in [5.74, 6) is 1.48. The summed E-state index contributed by atoms with van der Waals surface area (Å²) in [4.78, 5) is 10.9. The predicted octanol–water partition coefficient (Wildman–Crippen LogP) is 1.79. The molecule has 1 atom stereocenters. The molecule has 0 saturated carbocycles. The van der Waals surface area contributed by atoms with Crippen LogP contribution in [0.25, 0.3) is 0 Å². The molecule has 1 fully saturated rings. The van der Waals surface area contributed by atoms with Crippen molar-refractivity contribution in [3.8, 4) is 0 Å². The molecular formula is C13H22N4. The van der Waals surface area contributed by atoms with Crippen molar-refractivity contribution >= 4 is 5.82 Å². The minimum atomic E-state index is 0.453. The van der Waals surface area contributed by atoms with Crippen LogP contribution in [0.4, 0.5) is 5.82 Å². The molecule has 1 aromatic rings. The first-order valence-electron chi connectivity index (χ1n) is 6.43. The third-order valence-corrected chi connectivity index (χ3v) is 3.31. The van der Waals surface area contributed by atoms with E-state index in [0.717, 1.165) is 24.6 Å². The lowest BCUT2D eigenvalue weighted by Gasteiger charge is -2.22. The summed E-state index contributed by atoms with van der Waals surface area (Å²) in [6, 6.07) is 2.71. The Hall–Kier alpha value is -1.16. The molecule has 0 spiro atoms. The molecule has 0 aliphatic carbocycles. The van der Waals surface area contributed by atoms with Gasteiger partial charge in [0.25, 0.3) is 0 Å². The van der Waals surface area contributed by atoms with Crippen LogP contribution < -0.4 is 10.2 Å². The predicted molar refractivity (Wildman–Crippen MR) is 70.4 cm³/mol. The molecule has 1 aliphatic rings. The average molecular weight is 234 g/mol. The number of likely N-dealkylation sites (N-methyl/N-ethyl adjacent to an activating group) is 1. The van der Waals surface area contributed by atoms with E-state index in [1.165, 1.54) is 12.8 Å². The maximum absolute atomic E-state index is 4.35. The van der Waals surface area contributed by atoms with Gasteiger partial charge in [0, 0.05) is 31.4 Å². The third kappa shape index (κ3) is 3.16. The van der Waals surface area contributed by atoms with Gasteiger partial charge >= 0.3 is 0 Å². The van der Waals surface area contributed by atoms with Gasteiger partial charge in [-0.1, -0.05) is 13.8 Å². The second-order valence-electron chi connectivity index (χ2n) is 5.13. The second kappa shape index (κ2) is 5.45. The van der Waals surface area contributed by atoms with Gasteiger partial charge in [0.05, 0.1) is 0 Å². The highest BCUT2D eigenvalue weighted by molar-refractivity contribution is 5.38. The standard InChI is InChI=1S/C13H22N4/c1-10(2)12-7-13(16-9-15-12)17(3)8-11-5-4-6-14-11/h7,9-11,14H,4-6,8H2,1-3H3. The van der Waals surface area contributed by atoms with E-state index in [4.69, 9.17) is 0 Å². The van der Waals surface area contributed by atoms with Crippen molar-refractivity contribution in [2.24, 2.45) is 0 Å². The number of anilines is 1. The van der Waals surface area contributed by atoms with Crippen LogP contribution in [0.1, 0.15) is 38.3 Å². The molecule has 2 rings (SSSR count). The molecule has 1 aliphatic heterocycles. The Morgan fingerprint density at radius 3 is 2.94 bits per heavy atom. The molecule has 1 aromatic heterocycles. The largest absolute Gasteiger partial charge is 0.358 e. The van der Waals surface area contributed by atoms with Gasteiger partial charge in [-0.2, -0.15) is 0 Å². The monoisotopic (exact) mass is 234 g/mol. The Bertz CT molecular complexity index is 358. The normalized spacial score (nSPS) is 19.9. The second-order valence-corrected chi connectivity index (χ2v) is 5.13. The van der Waals surface area contributed by atoms with E-state index in [2.05, 4.69) is 47.1 Å². The van der Waals surface area contributed by atoms with Crippen LogP contribution in [-0.4, -0.2) is 36.1 Å². The van der Waals surface area contributed by atoms with Gasteiger partial charge in [0.2, 0.25) is 0 Å². The Labute approximate surface area is 103 Å². The van der Waals surface area contributed by atoms with E-state index in [0.29, 0.717) is 12.0 Å². The quantitative estimate of drug-likeness (QED) is 0.862. The van der Waals surface area contributed by atoms with Gasteiger partial charge in [0.15, 0.2) is 0 Å². The molecule has 17 heavy (non-hydrogen) atoms. The van der Waals surface area contributed by atoms with Crippen molar-refractivity contribution in [2.75, 3.05) is 25.0 Å². The lowest BCUT2D eigenvalue weighted by atomic mass is 10.1. The Balaban J connectivity index is 2.02. The Kier molecular flexibility index (Phi) is 3.94. The van der Waals surface area contributed by atoms with Crippen LogP contribution in [0.5, 0.6) is 0 Å².